The van der Waals surface area contributed by atoms with Gasteiger partial charge in [0.2, 0.25) is 0 Å². The van der Waals surface area contributed by atoms with E-state index < -0.39 is 0 Å². The molecule has 0 aliphatic carbocycles. The molecule has 0 spiro atoms. The van der Waals surface area contributed by atoms with E-state index in [0.717, 1.165) is 6.54 Å². The SMILES string of the molecule is Cc1noc(NCC(C)C(C)C)n1. The van der Waals surface area contributed by atoms with Gasteiger partial charge < -0.3 is 9.84 Å². The van der Waals surface area contributed by atoms with Gasteiger partial charge in [-0.15, -0.1) is 0 Å². The number of aromatic nitrogens is 2. The summed E-state index contributed by atoms with van der Waals surface area (Å²) in [6, 6.07) is 0.519. The molecule has 0 aliphatic rings. The number of nitrogens with zero attached hydrogens (tertiary/aromatic N) is 2. The van der Waals surface area contributed by atoms with E-state index in [9.17, 15) is 0 Å². The van der Waals surface area contributed by atoms with Crippen LogP contribution in [0.15, 0.2) is 4.52 Å². The van der Waals surface area contributed by atoms with Crippen LogP contribution in [0.2, 0.25) is 0 Å². The monoisotopic (exact) mass is 183 g/mol. The molecule has 0 aromatic carbocycles. The number of aryl methyl sites for hydroxylation is 1. The van der Waals surface area contributed by atoms with Crippen LogP contribution >= 0.6 is 0 Å². The minimum absolute atomic E-state index is 0.519. The van der Waals surface area contributed by atoms with E-state index >= 15 is 0 Å². The highest BCUT2D eigenvalue weighted by Crippen LogP contribution is 2.10. The van der Waals surface area contributed by atoms with Gasteiger partial charge in [0.25, 0.3) is 0 Å². The van der Waals surface area contributed by atoms with Crippen molar-refractivity contribution in [2.75, 3.05) is 11.9 Å². The Balaban J connectivity index is 2.35. The summed E-state index contributed by atoms with van der Waals surface area (Å²) in [7, 11) is 0. The molecular formula is C9H17N3O. The topological polar surface area (TPSA) is 51.0 Å². The molecule has 1 N–H and O–H groups in total. The van der Waals surface area contributed by atoms with Gasteiger partial charge in [0.1, 0.15) is 0 Å². The van der Waals surface area contributed by atoms with Gasteiger partial charge in [-0.3, -0.25) is 0 Å². The Kier molecular flexibility index (Phi) is 3.28. The quantitative estimate of drug-likeness (QED) is 0.776. The molecule has 0 radical (unpaired) electrons. The van der Waals surface area contributed by atoms with E-state index in [1.807, 2.05) is 0 Å². The molecule has 0 amide bonds. The van der Waals surface area contributed by atoms with E-state index in [1.165, 1.54) is 0 Å². The predicted octanol–water partition coefficient (Wildman–Crippen LogP) is 2.08. The highest BCUT2D eigenvalue weighted by molar-refractivity contribution is 5.17. The van der Waals surface area contributed by atoms with Crippen LogP contribution in [-0.2, 0) is 0 Å². The first-order valence-electron chi connectivity index (χ1n) is 4.63. The molecule has 0 saturated carbocycles. The molecule has 1 aromatic rings. The molecule has 4 heteroatoms. The molecule has 4 nitrogen and oxygen atoms in total. The first kappa shape index (κ1) is 10.0. The number of anilines is 1. The molecule has 1 heterocycles. The number of hydrogen-bond acceptors (Lipinski definition) is 4. The lowest BCUT2D eigenvalue weighted by Gasteiger charge is -2.14. The molecule has 1 aromatic heterocycles. The van der Waals surface area contributed by atoms with Crippen molar-refractivity contribution in [3.63, 3.8) is 0 Å². The first-order chi connectivity index (χ1) is 6.09. The van der Waals surface area contributed by atoms with E-state index in [-0.39, 0.29) is 0 Å². The van der Waals surface area contributed by atoms with Gasteiger partial charge in [-0.1, -0.05) is 25.9 Å². The van der Waals surface area contributed by atoms with Gasteiger partial charge >= 0.3 is 6.01 Å². The standard InChI is InChI=1S/C9H17N3O/c1-6(2)7(3)5-10-9-11-8(4)12-13-9/h6-7H,5H2,1-4H3,(H,10,11,12). The van der Waals surface area contributed by atoms with Crippen LogP contribution < -0.4 is 5.32 Å². The second-order valence-electron chi connectivity index (χ2n) is 3.75. The third-order valence-electron chi connectivity index (χ3n) is 2.24. The van der Waals surface area contributed by atoms with Crippen molar-refractivity contribution in [1.82, 2.24) is 10.1 Å². The highest BCUT2D eigenvalue weighted by atomic mass is 16.5. The Morgan fingerprint density at radius 3 is 2.54 bits per heavy atom. The fraction of sp³-hybridized carbons (Fsp3) is 0.778. The lowest BCUT2D eigenvalue weighted by Crippen LogP contribution is -2.16. The van der Waals surface area contributed by atoms with Crippen LogP contribution in [0.4, 0.5) is 6.01 Å². The van der Waals surface area contributed by atoms with Crippen LogP contribution in [0, 0.1) is 18.8 Å². The predicted molar refractivity (Wildman–Crippen MR) is 51.5 cm³/mol. The maximum Gasteiger partial charge on any atom is 0.321 e. The molecule has 0 fully saturated rings. The highest BCUT2D eigenvalue weighted by Gasteiger charge is 2.08. The fourth-order valence-electron chi connectivity index (χ4n) is 0.853. The maximum absolute atomic E-state index is 4.92. The average Bonchev–Trinajstić information content (AvgIpc) is 2.47. The molecule has 0 aliphatic heterocycles. The second kappa shape index (κ2) is 4.25. The lowest BCUT2D eigenvalue weighted by molar-refractivity contribution is 0.406. The van der Waals surface area contributed by atoms with Crippen molar-refractivity contribution < 1.29 is 4.52 Å². The van der Waals surface area contributed by atoms with Gasteiger partial charge in [-0.25, -0.2) is 0 Å². The Morgan fingerprint density at radius 2 is 2.08 bits per heavy atom. The Morgan fingerprint density at radius 1 is 1.38 bits per heavy atom. The zero-order valence-electron chi connectivity index (χ0n) is 8.66. The molecule has 74 valence electrons. The zero-order chi connectivity index (χ0) is 9.84. The smallest absolute Gasteiger partial charge is 0.321 e. The summed E-state index contributed by atoms with van der Waals surface area (Å²) in [4.78, 5) is 4.05. The van der Waals surface area contributed by atoms with E-state index in [1.54, 1.807) is 6.92 Å². The van der Waals surface area contributed by atoms with Crippen molar-refractivity contribution in [3.05, 3.63) is 5.82 Å². The summed E-state index contributed by atoms with van der Waals surface area (Å²) >= 11 is 0. The van der Waals surface area contributed by atoms with E-state index in [4.69, 9.17) is 4.52 Å². The third-order valence-corrected chi connectivity index (χ3v) is 2.24. The molecule has 0 bridgehead atoms. The van der Waals surface area contributed by atoms with Gasteiger partial charge in [0.05, 0.1) is 0 Å². The Labute approximate surface area is 78.7 Å². The van der Waals surface area contributed by atoms with Crippen LogP contribution in [0.1, 0.15) is 26.6 Å². The third kappa shape index (κ3) is 3.05. The minimum Gasteiger partial charge on any atom is -0.337 e. The summed E-state index contributed by atoms with van der Waals surface area (Å²) in [6.45, 7) is 9.28. The number of nitrogens with one attached hydrogen (secondary N) is 1. The van der Waals surface area contributed by atoms with Gasteiger partial charge in [0, 0.05) is 6.54 Å². The van der Waals surface area contributed by atoms with Gasteiger partial charge in [0.15, 0.2) is 5.82 Å². The zero-order valence-corrected chi connectivity index (χ0v) is 8.66. The van der Waals surface area contributed by atoms with Crippen molar-refractivity contribution >= 4 is 6.01 Å². The summed E-state index contributed by atoms with van der Waals surface area (Å²) in [5.74, 6) is 1.93. The number of hydrogen-bond donors (Lipinski definition) is 1. The van der Waals surface area contributed by atoms with Crippen molar-refractivity contribution in [2.24, 2.45) is 11.8 Å². The Hall–Kier alpha value is -1.06. The van der Waals surface area contributed by atoms with Gasteiger partial charge in [-0.05, 0) is 18.8 Å². The Bertz CT molecular complexity index is 257. The van der Waals surface area contributed by atoms with Crippen LogP contribution in [0.25, 0.3) is 0 Å². The summed E-state index contributed by atoms with van der Waals surface area (Å²) < 4.78 is 4.92. The van der Waals surface area contributed by atoms with E-state index in [2.05, 4.69) is 36.2 Å². The summed E-state index contributed by atoms with van der Waals surface area (Å²) in [5, 5.41) is 6.80. The van der Waals surface area contributed by atoms with Crippen LogP contribution in [0.5, 0.6) is 0 Å². The lowest BCUT2D eigenvalue weighted by atomic mass is 9.98. The molecule has 0 saturated heterocycles. The fourth-order valence-corrected chi connectivity index (χ4v) is 0.853. The normalized spacial score (nSPS) is 13.3. The van der Waals surface area contributed by atoms with Crippen molar-refractivity contribution in [2.45, 2.75) is 27.7 Å². The average molecular weight is 183 g/mol. The van der Waals surface area contributed by atoms with Crippen LogP contribution in [0.3, 0.4) is 0 Å². The molecule has 1 unspecified atom stereocenters. The van der Waals surface area contributed by atoms with E-state index in [0.29, 0.717) is 23.7 Å². The van der Waals surface area contributed by atoms with Crippen molar-refractivity contribution in [3.8, 4) is 0 Å². The molecule has 1 atom stereocenters. The molecule has 13 heavy (non-hydrogen) atoms. The molecular weight excluding hydrogens is 166 g/mol. The van der Waals surface area contributed by atoms with Gasteiger partial charge in [-0.2, -0.15) is 4.98 Å². The first-order valence-corrected chi connectivity index (χ1v) is 4.63. The summed E-state index contributed by atoms with van der Waals surface area (Å²) in [6.07, 6.45) is 0. The summed E-state index contributed by atoms with van der Waals surface area (Å²) in [5.41, 5.74) is 0. The van der Waals surface area contributed by atoms with Crippen molar-refractivity contribution in [1.29, 1.82) is 0 Å². The molecule has 1 rings (SSSR count). The largest absolute Gasteiger partial charge is 0.337 e. The minimum atomic E-state index is 0.519. The van der Waals surface area contributed by atoms with Crippen LogP contribution in [-0.4, -0.2) is 16.7 Å². The maximum atomic E-state index is 4.92. The second-order valence-corrected chi connectivity index (χ2v) is 3.75. The number of rotatable bonds is 4.